The molecule has 1 atom stereocenters. The molecule has 0 spiro atoms. The van der Waals surface area contributed by atoms with E-state index in [-0.39, 0.29) is 6.03 Å². The first-order valence-corrected chi connectivity index (χ1v) is 8.48. The number of urea groups is 1. The van der Waals surface area contributed by atoms with E-state index in [1.807, 2.05) is 17.9 Å². The number of hydrogen-bond acceptors (Lipinski definition) is 3. The van der Waals surface area contributed by atoms with Crippen LogP contribution in [0, 0.1) is 18.3 Å². The van der Waals surface area contributed by atoms with Crippen LogP contribution in [0.25, 0.3) is 0 Å². The van der Waals surface area contributed by atoms with Crippen molar-refractivity contribution in [2.75, 3.05) is 31.5 Å². The zero-order chi connectivity index (χ0) is 16.2. The van der Waals surface area contributed by atoms with Gasteiger partial charge in [0.2, 0.25) is 0 Å². The first-order valence-electron chi connectivity index (χ1n) is 8.48. The van der Waals surface area contributed by atoms with Crippen molar-refractivity contribution >= 4 is 11.7 Å². The SMILES string of the molecule is Cc1ccc(C#N)cc1NC(=O)N1CCCC(N2CCCC2)C1. The van der Waals surface area contributed by atoms with Crippen molar-refractivity contribution in [2.45, 2.75) is 38.6 Å². The number of carbonyl (C=O) groups excluding carboxylic acids is 1. The lowest BCUT2D eigenvalue weighted by molar-refractivity contribution is 0.132. The van der Waals surface area contributed by atoms with Crippen LogP contribution in [0.5, 0.6) is 0 Å². The summed E-state index contributed by atoms with van der Waals surface area (Å²) in [6.45, 7) is 5.91. The van der Waals surface area contributed by atoms with Gasteiger partial charge in [-0.3, -0.25) is 4.90 Å². The third-order valence-electron chi connectivity index (χ3n) is 4.95. The predicted octanol–water partition coefficient (Wildman–Crippen LogP) is 2.96. The number of nitriles is 1. The highest BCUT2D eigenvalue weighted by Gasteiger charge is 2.29. The number of aryl methyl sites for hydroxylation is 1. The van der Waals surface area contributed by atoms with Crippen LogP contribution >= 0.6 is 0 Å². The van der Waals surface area contributed by atoms with Crippen molar-refractivity contribution in [2.24, 2.45) is 0 Å². The van der Waals surface area contributed by atoms with Crippen molar-refractivity contribution in [1.82, 2.24) is 9.80 Å². The van der Waals surface area contributed by atoms with E-state index in [4.69, 9.17) is 5.26 Å². The monoisotopic (exact) mass is 312 g/mol. The molecule has 3 rings (SSSR count). The summed E-state index contributed by atoms with van der Waals surface area (Å²) >= 11 is 0. The maximum atomic E-state index is 12.6. The Morgan fingerprint density at radius 3 is 2.78 bits per heavy atom. The quantitative estimate of drug-likeness (QED) is 0.913. The zero-order valence-electron chi connectivity index (χ0n) is 13.7. The molecule has 1 N–H and O–H groups in total. The minimum atomic E-state index is -0.0490. The molecule has 1 aromatic carbocycles. The van der Waals surface area contributed by atoms with Crippen LogP contribution in [-0.4, -0.2) is 48.1 Å². The predicted molar refractivity (Wildman–Crippen MR) is 90.3 cm³/mol. The maximum Gasteiger partial charge on any atom is 0.321 e. The van der Waals surface area contributed by atoms with E-state index in [9.17, 15) is 4.79 Å². The molecule has 23 heavy (non-hydrogen) atoms. The molecule has 2 heterocycles. The van der Waals surface area contributed by atoms with Crippen molar-refractivity contribution in [3.63, 3.8) is 0 Å². The molecule has 0 aromatic heterocycles. The van der Waals surface area contributed by atoms with E-state index in [0.29, 0.717) is 11.6 Å². The topological polar surface area (TPSA) is 59.4 Å². The normalized spacial score (nSPS) is 21.9. The molecule has 2 aliphatic rings. The van der Waals surface area contributed by atoms with E-state index < -0.39 is 0 Å². The lowest BCUT2D eigenvalue weighted by atomic mass is 10.0. The summed E-state index contributed by atoms with van der Waals surface area (Å²) in [5.74, 6) is 0. The van der Waals surface area contributed by atoms with E-state index in [1.54, 1.807) is 12.1 Å². The summed E-state index contributed by atoms with van der Waals surface area (Å²) in [7, 11) is 0. The molecule has 0 aliphatic carbocycles. The minimum Gasteiger partial charge on any atom is -0.323 e. The number of amides is 2. The van der Waals surface area contributed by atoms with Gasteiger partial charge in [-0.2, -0.15) is 5.26 Å². The summed E-state index contributed by atoms with van der Waals surface area (Å²) in [6.07, 6.45) is 4.81. The second-order valence-corrected chi connectivity index (χ2v) is 6.56. The number of piperidine rings is 1. The number of hydrogen-bond donors (Lipinski definition) is 1. The summed E-state index contributed by atoms with van der Waals surface area (Å²) < 4.78 is 0. The van der Waals surface area contributed by atoms with Crippen molar-refractivity contribution in [3.05, 3.63) is 29.3 Å². The number of anilines is 1. The molecule has 1 aromatic rings. The number of nitrogens with zero attached hydrogens (tertiary/aromatic N) is 3. The maximum absolute atomic E-state index is 12.6. The summed E-state index contributed by atoms with van der Waals surface area (Å²) in [6, 6.07) is 7.96. The van der Waals surface area contributed by atoms with Crippen molar-refractivity contribution < 1.29 is 4.79 Å². The second-order valence-electron chi connectivity index (χ2n) is 6.56. The summed E-state index contributed by atoms with van der Waals surface area (Å²) in [5.41, 5.74) is 2.28. The van der Waals surface area contributed by atoms with Gasteiger partial charge in [0.25, 0.3) is 0 Å². The summed E-state index contributed by atoms with van der Waals surface area (Å²) in [4.78, 5) is 17.0. The van der Waals surface area contributed by atoms with Crippen LogP contribution in [0.1, 0.15) is 36.8 Å². The fourth-order valence-corrected chi connectivity index (χ4v) is 3.56. The van der Waals surface area contributed by atoms with Gasteiger partial charge in [0.1, 0.15) is 0 Å². The van der Waals surface area contributed by atoms with Gasteiger partial charge in [-0.25, -0.2) is 4.79 Å². The summed E-state index contributed by atoms with van der Waals surface area (Å²) in [5, 5.41) is 12.0. The number of likely N-dealkylation sites (tertiary alicyclic amines) is 2. The molecule has 0 radical (unpaired) electrons. The molecule has 2 saturated heterocycles. The van der Waals surface area contributed by atoms with Gasteiger partial charge in [-0.15, -0.1) is 0 Å². The highest BCUT2D eigenvalue weighted by molar-refractivity contribution is 5.90. The second kappa shape index (κ2) is 7.01. The fraction of sp³-hybridized carbons (Fsp3) is 0.556. The van der Waals surface area contributed by atoms with Gasteiger partial charge in [-0.05, 0) is 63.4 Å². The average molecular weight is 312 g/mol. The Morgan fingerprint density at radius 2 is 2.04 bits per heavy atom. The van der Waals surface area contributed by atoms with Gasteiger partial charge < -0.3 is 10.2 Å². The van der Waals surface area contributed by atoms with Crippen molar-refractivity contribution in [1.29, 1.82) is 5.26 Å². The molecular formula is C18H24N4O. The Hall–Kier alpha value is -2.06. The Balaban J connectivity index is 1.64. The van der Waals surface area contributed by atoms with Gasteiger partial charge >= 0.3 is 6.03 Å². The van der Waals surface area contributed by atoms with Crippen LogP contribution in [0.3, 0.4) is 0 Å². The third kappa shape index (κ3) is 3.65. The molecule has 0 bridgehead atoms. The molecule has 0 saturated carbocycles. The van der Waals surface area contributed by atoms with Crippen LogP contribution in [-0.2, 0) is 0 Å². The molecule has 2 amide bonds. The largest absolute Gasteiger partial charge is 0.323 e. The highest BCUT2D eigenvalue weighted by Crippen LogP contribution is 2.22. The van der Waals surface area contributed by atoms with E-state index >= 15 is 0 Å². The van der Waals surface area contributed by atoms with E-state index in [1.165, 1.54) is 32.4 Å². The van der Waals surface area contributed by atoms with E-state index in [2.05, 4.69) is 16.3 Å². The van der Waals surface area contributed by atoms with Crippen LogP contribution < -0.4 is 5.32 Å². The standard InChI is InChI=1S/C18H24N4O/c1-14-6-7-15(12-19)11-17(14)20-18(23)22-10-4-5-16(13-22)21-8-2-3-9-21/h6-7,11,16H,2-5,8-10,13H2,1H3,(H,20,23). The average Bonchev–Trinajstić information content (AvgIpc) is 3.11. The first-order chi connectivity index (χ1) is 11.2. The highest BCUT2D eigenvalue weighted by atomic mass is 16.2. The minimum absolute atomic E-state index is 0.0490. The van der Waals surface area contributed by atoms with Gasteiger partial charge in [0.05, 0.1) is 11.6 Å². The van der Waals surface area contributed by atoms with Gasteiger partial charge in [0.15, 0.2) is 0 Å². The zero-order valence-corrected chi connectivity index (χ0v) is 13.7. The van der Waals surface area contributed by atoms with E-state index in [0.717, 1.165) is 30.8 Å². The Labute approximate surface area is 137 Å². The van der Waals surface area contributed by atoms with Gasteiger partial charge in [-0.1, -0.05) is 6.07 Å². The first kappa shape index (κ1) is 15.8. The number of nitrogens with one attached hydrogen (secondary N) is 1. The number of rotatable bonds is 2. The molecule has 2 aliphatic heterocycles. The van der Waals surface area contributed by atoms with Crippen LogP contribution in [0.4, 0.5) is 10.5 Å². The smallest absolute Gasteiger partial charge is 0.321 e. The third-order valence-corrected chi connectivity index (χ3v) is 4.95. The molecule has 2 fully saturated rings. The van der Waals surface area contributed by atoms with Crippen molar-refractivity contribution in [3.8, 4) is 6.07 Å². The number of carbonyl (C=O) groups is 1. The Kier molecular flexibility index (Phi) is 4.82. The molecule has 5 heteroatoms. The Bertz CT molecular complexity index is 616. The lowest BCUT2D eigenvalue weighted by Crippen LogP contribution is -2.50. The van der Waals surface area contributed by atoms with Crippen LogP contribution in [0.15, 0.2) is 18.2 Å². The Morgan fingerprint density at radius 1 is 1.26 bits per heavy atom. The molecule has 1 unspecified atom stereocenters. The van der Waals surface area contributed by atoms with Crippen LogP contribution in [0.2, 0.25) is 0 Å². The lowest BCUT2D eigenvalue weighted by Gasteiger charge is -2.37. The van der Waals surface area contributed by atoms with Gasteiger partial charge in [0, 0.05) is 24.8 Å². The molecule has 122 valence electrons. The molecular weight excluding hydrogens is 288 g/mol. The molecule has 5 nitrogen and oxygen atoms in total. The number of benzene rings is 1. The fourth-order valence-electron chi connectivity index (χ4n) is 3.56.